The second-order valence-electron chi connectivity index (χ2n) is 5.66. The Kier molecular flexibility index (Phi) is 3.81. The van der Waals surface area contributed by atoms with Gasteiger partial charge in [-0.15, -0.1) is 0 Å². The molecule has 3 rings (SSSR count). The largest absolute Gasteiger partial charge is 0.486 e. The quantitative estimate of drug-likeness (QED) is 0.899. The van der Waals surface area contributed by atoms with E-state index in [0.717, 1.165) is 30.7 Å². The Morgan fingerprint density at radius 2 is 2.10 bits per heavy atom. The van der Waals surface area contributed by atoms with E-state index >= 15 is 0 Å². The number of rotatable bonds is 2. The monoisotopic (exact) mass is 274 g/mol. The predicted molar refractivity (Wildman–Crippen MR) is 79.3 cm³/mol. The molecule has 1 heterocycles. The Bertz CT molecular complexity index is 483. The van der Waals surface area contributed by atoms with E-state index in [2.05, 4.69) is 12.2 Å². The van der Waals surface area contributed by atoms with Crippen molar-refractivity contribution in [2.75, 3.05) is 11.4 Å². The molecule has 2 aliphatic rings. The van der Waals surface area contributed by atoms with Gasteiger partial charge in [-0.2, -0.15) is 0 Å². The van der Waals surface area contributed by atoms with E-state index in [-0.39, 0.29) is 12.1 Å². The summed E-state index contributed by atoms with van der Waals surface area (Å²) in [5.74, 6) is 0.812. The van der Waals surface area contributed by atoms with Crippen molar-refractivity contribution in [2.24, 2.45) is 0 Å². The maximum atomic E-state index is 12.5. The molecule has 0 radical (unpaired) electrons. The second kappa shape index (κ2) is 5.73. The number of benzene rings is 1. The van der Waals surface area contributed by atoms with Gasteiger partial charge in [0.2, 0.25) is 0 Å². The number of para-hydroxylation sites is 2. The number of anilines is 1. The Morgan fingerprint density at radius 1 is 1.35 bits per heavy atom. The SMILES string of the molecule is CCC1CN(C(=O)NC2CCCC2)c2ccccc2O1. The van der Waals surface area contributed by atoms with Crippen molar-refractivity contribution in [2.45, 2.75) is 51.2 Å². The minimum absolute atomic E-state index is 0.0195. The summed E-state index contributed by atoms with van der Waals surface area (Å²) in [6, 6.07) is 8.15. The first-order chi connectivity index (χ1) is 9.78. The van der Waals surface area contributed by atoms with Gasteiger partial charge in [0, 0.05) is 6.04 Å². The normalized spacial score (nSPS) is 22.2. The molecule has 1 fully saturated rings. The van der Waals surface area contributed by atoms with Crippen molar-refractivity contribution >= 4 is 11.7 Å². The van der Waals surface area contributed by atoms with Gasteiger partial charge in [0.1, 0.15) is 11.9 Å². The molecule has 0 aromatic heterocycles. The highest BCUT2D eigenvalue weighted by Gasteiger charge is 2.30. The van der Waals surface area contributed by atoms with E-state index in [1.54, 1.807) is 0 Å². The van der Waals surface area contributed by atoms with E-state index in [1.165, 1.54) is 12.8 Å². The molecule has 4 heteroatoms. The number of hydrogen-bond donors (Lipinski definition) is 1. The van der Waals surface area contributed by atoms with Crippen molar-refractivity contribution in [3.05, 3.63) is 24.3 Å². The first kappa shape index (κ1) is 13.3. The molecule has 1 aromatic rings. The molecule has 4 nitrogen and oxygen atoms in total. The molecule has 1 unspecified atom stereocenters. The lowest BCUT2D eigenvalue weighted by molar-refractivity contribution is 0.185. The molecule has 20 heavy (non-hydrogen) atoms. The van der Waals surface area contributed by atoms with E-state index in [1.807, 2.05) is 29.2 Å². The minimum Gasteiger partial charge on any atom is -0.486 e. The fourth-order valence-corrected chi connectivity index (χ4v) is 3.03. The molecule has 108 valence electrons. The number of nitrogens with one attached hydrogen (secondary N) is 1. The number of nitrogens with zero attached hydrogens (tertiary/aromatic N) is 1. The van der Waals surface area contributed by atoms with Gasteiger partial charge in [-0.05, 0) is 31.4 Å². The first-order valence-electron chi connectivity index (χ1n) is 7.61. The van der Waals surface area contributed by atoms with Crippen LogP contribution in [-0.2, 0) is 0 Å². The van der Waals surface area contributed by atoms with Crippen LogP contribution < -0.4 is 15.0 Å². The van der Waals surface area contributed by atoms with Crippen LogP contribution in [0.2, 0.25) is 0 Å². The van der Waals surface area contributed by atoms with Crippen LogP contribution in [0.3, 0.4) is 0 Å². The molecule has 0 saturated heterocycles. The zero-order chi connectivity index (χ0) is 13.9. The van der Waals surface area contributed by atoms with Crippen molar-refractivity contribution in [3.63, 3.8) is 0 Å². The van der Waals surface area contributed by atoms with Crippen LogP contribution in [0, 0.1) is 0 Å². The molecule has 1 aliphatic heterocycles. The van der Waals surface area contributed by atoms with Gasteiger partial charge in [0.25, 0.3) is 0 Å². The number of hydrogen-bond acceptors (Lipinski definition) is 2. The molecular formula is C16H22N2O2. The number of urea groups is 1. The maximum Gasteiger partial charge on any atom is 0.322 e. The highest BCUT2D eigenvalue weighted by atomic mass is 16.5. The number of amides is 2. The van der Waals surface area contributed by atoms with Gasteiger partial charge < -0.3 is 10.1 Å². The number of ether oxygens (including phenoxy) is 1. The molecule has 0 spiro atoms. The summed E-state index contributed by atoms with van der Waals surface area (Å²) in [7, 11) is 0. The van der Waals surface area contributed by atoms with Crippen molar-refractivity contribution in [1.29, 1.82) is 0 Å². The van der Waals surface area contributed by atoms with Gasteiger partial charge in [-0.25, -0.2) is 4.79 Å². The standard InChI is InChI=1S/C16H22N2O2/c1-2-13-11-18(14-9-5-6-10-15(14)20-13)16(19)17-12-7-3-4-8-12/h5-6,9-10,12-13H,2-4,7-8,11H2,1H3,(H,17,19). The predicted octanol–water partition coefficient (Wildman–Crippen LogP) is 3.32. The fourth-order valence-electron chi connectivity index (χ4n) is 3.03. The van der Waals surface area contributed by atoms with Crippen LogP contribution in [0.5, 0.6) is 5.75 Å². The number of carbonyl (C=O) groups excluding carboxylic acids is 1. The van der Waals surface area contributed by atoms with Crippen LogP contribution in [0.1, 0.15) is 39.0 Å². The lowest BCUT2D eigenvalue weighted by Gasteiger charge is -2.35. The second-order valence-corrected chi connectivity index (χ2v) is 5.66. The number of fused-ring (bicyclic) bond motifs is 1. The first-order valence-corrected chi connectivity index (χ1v) is 7.61. The molecule has 1 saturated carbocycles. The summed E-state index contributed by atoms with van der Waals surface area (Å²) in [4.78, 5) is 14.4. The van der Waals surface area contributed by atoms with E-state index in [9.17, 15) is 4.79 Å². The van der Waals surface area contributed by atoms with Crippen LogP contribution in [0.4, 0.5) is 10.5 Å². The summed E-state index contributed by atoms with van der Waals surface area (Å²) in [6.45, 7) is 2.72. The molecular weight excluding hydrogens is 252 g/mol. The lowest BCUT2D eigenvalue weighted by Crippen LogP contribution is -2.50. The fraction of sp³-hybridized carbons (Fsp3) is 0.562. The Morgan fingerprint density at radius 3 is 2.85 bits per heavy atom. The third-order valence-electron chi connectivity index (χ3n) is 4.22. The van der Waals surface area contributed by atoms with E-state index < -0.39 is 0 Å². The third-order valence-corrected chi connectivity index (χ3v) is 4.22. The van der Waals surface area contributed by atoms with Crippen molar-refractivity contribution < 1.29 is 9.53 Å². The van der Waals surface area contributed by atoms with Crippen LogP contribution in [0.15, 0.2) is 24.3 Å². The Balaban J connectivity index is 1.78. The Labute approximate surface area is 120 Å². The van der Waals surface area contributed by atoms with Crippen LogP contribution in [-0.4, -0.2) is 24.7 Å². The minimum atomic E-state index is 0.0195. The average molecular weight is 274 g/mol. The van der Waals surface area contributed by atoms with Gasteiger partial charge in [0.15, 0.2) is 0 Å². The number of carbonyl (C=O) groups is 1. The highest BCUT2D eigenvalue weighted by Crippen LogP contribution is 2.34. The van der Waals surface area contributed by atoms with Crippen LogP contribution in [0.25, 0.3) is 0 Å². The molecule has 1 aliphatic carbocycles. The van der Waals surface area contributed by atoms with Crippen LogP contribution >= 0.6 is 0 Å². The lowest BCUT2D eigenvalue weighted by atomic mass is 10.1. The third kappa shape index (κ3) is 2.60. The summed E-state index contributed by atoms with van der Waals surface area (Å²) in [6.07, 6.45) is 5.65. The summed E-state index contributed by atoms with van der Waals surface area (Å²) >= 11 is 0. The molecule has 0 bridgehead atoms. The van der Waals surface area contributed by atoms with Gasteiger partial charge in [-0.3, -0.25) is 4.90 Å². The zero-order valence-electron chi connectivity index (χ0n) is 12.0. The average Bonchev–Trinajstić information content (AvgIpc) is 2.98. The van der Waals surface area contributed by atoms with Gasteiger partial charge >= 0.3 is 6.03 Å². The van der Waals surface area contributed by atoms with Crippen molar-refractivity contribution in [1.82, 2.24) is 5.32 Å². The topological polar surface area (TPSA) is 41.6 Å². The molecule has 1 aromatic carbocycles. The van der Waals surface area contributed by atoms with Gasteiger partial charge in [-0.1, -0.05) is 31.9 Å². The molecule has 2 amide bonds. The smallest absolute Gasteiger partial charge is 0.322 e. The van der Waals surface area contributed by atoms with Gasteiger partial charge in [0.05, 0.1) is 12.2 Å². The highest BCUT2D eigenvalue weighted by molar-refractivity contribution is 5.94. The molecule has 1 N–H and O–H groups in total. The van der Waals surface area contributed by atoms with E-state index in [4.69, 9.17) is 4.74 Å². The Hall–Kier alpha value is -1.71. The van der Waals surface area contributed by atoms with Crippen molar-refractivity contribution in [3.8, 4) is 5.75 Å². The summed E-state index contributed by atoms with van der Waals surface area (Å²) in [5.41, 5.74) is 0.882. The zero-order valence-corrected chi connectivity index (χ0v) is 12.0. The summed E-state index contributed by atoms with van der Waals surface area (Å²) < 4.78 is 5.91. The maximum absolute atomic E-state index is 12.5. The molecule has 1 atom stereocenters. The summed E-state index contributed by atoms with van der Waals surface area (Å²) in [5, 5.41) is 3.17. The van der Waals surface area contributed by atoms with E-state index in [0.29, 0.717) is 12.6 Å².